The van der Waals surface area contributed by atoms with Crippen molar-refractivity contribution in [3.8, 4) is 11.4 Å². The van der Waals surface area contributed by atoms with Crippen LogP contribution in [-0.4, -0.2) is 26.3 Å². The number of hydrogen-bond donors (Lipinski definition) is 1. The molecule has 0 aliphatic carbocycles. The molecule has 0 unspecified atom stereocenters. The van der Waals surface area contributed by atoms with Crippen LogP contribution < -0.4 is 5.32 Å². The van der Waals surface area contributed by atoms with Crippen LogP contribution in [0.2, 0.25) is 0 Å². The summed E-state index contributed by atoms with van der Waals surface area (Å²) in [6.45, 7) is 5.05. The minimum atomic E-state index is 0.855. The fourth-order valence-electron chi connectivity index (χ4n) is 1.86. The smallest absolute Gasteiger partial charge is 0.131 e. The Morgan fingerprint density at radius 2 is 2.11 bits per heavy atom. The Morgan fingerprint density at radius 3 is 2.72 bits per heavy atom. The molecule has 0 atom stereocenters. The normalized spacial score (nSPS) is 10.6. The van der Waals surface area contributed by atoms with E-state index in [0.29, 0.717) is 0 Å². The summed E-state index contributed by atoms with van der Waals surface area (Å²) >= 11 is 0. The molecule has 0 bridgehead atoms. The van der Waals surface area contributed by atoms with Crippen molar-refractivity contribution < 1.29 is 0 Å². The molecule has 0 amide bonds. The summed E-state index contributed by atoms with van der Waals surface area (Å²) in [5.41, 5.74) is 1.93. The first-order valence-corrected chi connectivity index (χ1v) is 6.34. The summed E-state index contributed by atoms with van der Waals surface area (Å²) in [4.78, 5) is 9.10. The zero-order valence-corrected chi connectivity index (χ0v) is 11.1. The molecule has 0 saturated carbocycles. The Hall–Kier alpha value is -1.91. The summed E-state index contributed by atoms with van der Waals surface area (Å²) in [5, 5.41) is 7.43. The summed E-state index contributed by atoms with van der Waals surface area (Å²) in [6, 6.07) is 3.94. The van der Waals surface area contributed by atoms with Crippen molar-refractivity contribution in [2.24, 2.45) is 7.05 Å². The van der Waals surface area contributed by atoms with Crippen LogP contribution in [0.4, 0.5) is 5.82 Å². The first-order chi connectivity index (χ1) is 8.74. The zero-order chi connectivity index (χ0) is 13.0. The van der Waals surface area contributed by atoms with Gasteiger partial charge in [0, 0.05) is 32.3 Å². The van der Waals surface area contributed by atoms with Gasteiger partial charge in [-0.2, -0.15) is 5.10 Å². The van der Waals surface area contributed by atoms with Crippen molar-refractivity contribution in [1.29, 1.82) is 0 Å². The van der Waals surface area contributed by atoms with E-state index in [-0.39, 0.29) is 0 Å². The van der Waals surface area contributed by atoms with Crippen LogP contribution in [0.1, 0.15) is 26.1 Å². The number of anilines is 1. The molecule has 2 aromatic rings. The second kappa shape index (κ2) is 5.62. The van der Waals surface area contributed by atoms with Gasteiger partial charge in [-0.05, 0) is 19.4 Å². The van der Waals surface area contributed by atoms with Gasteiger partial charge in [0.25, 0.3) is 0 Å². The van der Waals surface area contributed by atoms with E-state index < -0.39 is 0 Å². The highest BCUT2D eigenvalue weighted by atomic mass is 15.3. The molecule has 0 saturated heterocycles. The highest BCUT2D eigenvalue weighted by Crippen LogP contribution is 2.19. The molecule has 5 nitrogen and oxygen atoms in total. The van der Waals surface area contributed by atoms with E-state index in [4.69, 9.17) is 0 Å². The second-order valence-electron chi connectivity index (χ2n) is 4.18. The summed E-state index contributed by atoms with van der Waals surface area (Å²) < 4.78 is 1.83. The molecule has 2 aromatic heterocycles. The maximum atomic E-state index is 4.60. The van der Waals surface area contributed by atoms with E-state index in [2.05, 4.69) is 34.2 Å². The maximum Gasteiger partial charge on any atom is 0.131 e. The van der Waals surface area contributed by atoms with Gasteiger partial charge < -0.3 is 5.32 Å². The van der Waals surface area contributed by atoms with Crippen LogP contribution in [-0.2, 0) is 13.5 Å². The Bertz CT molecular complexity index is 494. The van der Waals surface area contributed by atoms with Gasteiger partial charge in [-0.25, -0.2) is 9.97 Å². The van der Waals surface area contributed by atoms with E-state index >= 15 is 0 Å². The van der Waals surface area contributed by atoms with E-state index in [1.807, 2.05) is 23.9 Å². The first kappa shape index (κ1) is 12.5. The van der Waals surface area contributed by atoms with E-state index in [9.17, 15) is 0 Å². The number of hydrogen-bond acceptors (Lipinski definition) is 4. The molecule has 2 rings (SSSR count). The highest BCUT2D eigenvalue weighted by molar-refractivity contribution is 5.58. The number of aryl methyl sites for hydroxylation is 2. The quantitative estimate of drug-likeness (QED) is 0.878. The average Bonchev–Trinajstić information content (AvgIpc) is 2.76. The van der Waals surface area contributed by atoms with Crippen molar-refractivity contribution in [3.63, 3.8) is 0 Å². The Labute approximate surface area is 107 Å². The second-order valence-corrected chi connectivity index (χ2v) is 4.18. The van der Waals surface area contributed by atoms with Crippen LogP contribution in [0.3, 0.4) is 0 Å². The lowest BCUT2D eigenvalue weighted by Gasteiger charge is -2.08. The summed E-state index contributed by atoms with van der Waals surface area (Å²) in [7, 11) is 1.92. The van der Waals surface area contributed by atoms with Gasteiger partial charge in [0.2, 0.25) is 0 Å². The van der Waals surface area contributed by atoms with E-state index in [0.717, 1.165) is 42.4 Å². The standard InChI is InChI=1S/C13H19N5/c1-4-6-12-16-10(9-13(17-12)14-5-2)11-7-8-15-18(11)3/h7-9H,4-6H2,1-3H3,(H,14,16,17). The molecule has 0 fully saturated rings. The zero-order valence-electron chi connectivity index (χ0n) is 11.1. The fourth-order valence-corrected chi connectivity index (χ4v) is 1.86. The molecular weight excluding hydrogens is 226 g/mol. The van der Waals surface area contributed by atoms with Gasteiger partial charge >= 0.3 is 0 Å². The number of nitrogens with one attached hydrogen (secondary N) is 1. The third kappa shape index (κ3) is 2.67. The Kier molecular flexibility index (Phi) is 3.92. The molecule has 0 radical (unpaired) electrons. The van der Waals surface area contributed by atoms with Gasteiger partial charge in [0.05, 0.1) is 11.4 Å². The van der Waals surface area contributed by atoms with Crippen LogP contribution in [0.5, 0.6) is 0 Å². The Balaban J connectivity index is 2.42. The fraction of sp³-hybridized carbons (Fsp3) is 0.462. The molecule has 18 heavy (non-hydrogen) atoms. The topological polar surface area (TPSA) is 55.6 Å². The van der Waals surface area contributed by atoms with Gasteiger partial charge in [0.1, 0.15) is 11.6 Å². The molecule has 0 aromatic carbocycles. The monoisotopic (exact) mass is 245 g/mol. The third-order valence-electron chi connectivity index (χ3n) is 2.69. The van der Waals surface area contributed by atoms with Gasteiger partial charge in [-0.1, -0.05) is 6.92 Å². The number of aromatic nitrogens is 4. The summed E-state index contributed by atoms with van der Waals surface area (Å²) in [5.74, 6) is 1.76. The largest absolute Gasteiger partial charge is 0.370 e. The van der Waals surface area contributed by atoms with Crippen LogP contribution >= 0.6 is 0 Å². The lowest BCUT2D eigenvalue weighted by atomic mass is 10.2. The van der Waals surface area contributed by atoms with E-state index in [1.165, 1.54) is 0 Å². The first-order valence-electron chi connectivity index (χ1n) is 6.34. The number of nitrogens with zero attached hydrogens (tertiary/aromatic N) is 4. The van der Waals surface area contributed by atoms with Crippen molar-refractivity contribution in [2.45, 2.75) is 26.7 Å². The maximum absolute atomic E-state index is 4.60. The van der Waals surface area contributed by atoms with Crippen molar-refractivity contribution in [2.75, 3.05) is 11.9 Å². The van der Waals surface area contributed by atoms with Gasteiger partial charge in [0.15, 0.2) is 0 Å². The molecule has 0 aliphatic rings. The molecule has 2 heterocycles. The molecule has 0 aliphatic heterocycles. The van der Waals surface area contributed by atoms with Crippen LogP contribution in [0.25, 0.3) is 11.4 Å². The van der Waals surface area contributed by atoms with Crippen molar-refractivity contribution >= 4 is 5.82 Å². The lowest BCUT2D eigenvalue weighted by Crippen LogP contribution is -2.06. The molecular formula is C13H19N5. The minimum absolute atomic E-state index is 0.855. The highest BCUT2D eigenvalue weighted by Gasteiger charge is 2.08. The molecule has 96 valence electrons. The van der Waals surface area contributed by atoms with E-state index in [1.54, 1.807) is 6.20 Å². The predicted molar refractivity (Wildman–Crippen MR) is 72.4 cm³/mol. The summed E-state index contributed by atoms with van der Waals surface area (Å²) in [6.07, 6.45) is 3.72. The van der Waals surface area contributed by atoms with Crippen molar-refractivity contribution in [3.05, 3.63) is 24.2 Å². The van der Waals surface area contributed by atoms with Crippen molar-refractivity contribution in [1.82, 2.24) is 19.7 Å². The average molecular weight is 245 g/mol. The molecule has 1 N–H and O–H groups in total. The van der Waals surface area contributed by atoms with Crippen LogP contribution in [0, 0.1) is 0 Å². The van der Waals surface area contributed by atoms with Gasteiger partial charge in [-0.15, -0.1) is 0 Å². The van der Waals surface area contributed by atoms with Crippen LogP contribution in [0.15, 0.2) is 18.3 Å². The molecule has 0 spiro atoms. The molecule has 5 heteroatoms. The Morgan fingerprint density at radius 1 is 1.28 bits per heavy atom. The number of rotatable bonds is 5. The SMILES string of the molecule is CCCc1nc(NCC)cc(-c2ccnn2C)n1. The lowest BCUT2D eigenvalue weighted by molar-refractivity contribution is 0.769. The third-order valence-corrected chi connectivity index (χ3v) is 2.69. The predicted octanol–water partition coefficient (Wildman–Crippen LogP) is 2.26. The minimum Gasteiger partial charge on any atom is -0.370 e. The van der Waals surface area contributed by atoms with Gasteiger partial charge in [-0.3, -0.25) is 4.68 Å².